The molecule has 0 fully saturated rings. The van der Waals surface area contributed by atoms with Crippen LogP contribution in [0.4, 0.5) is 5.69 Å². The minimum absolute atomic E-state index is 0. The Morgan fingerprint density at radius 1 is 0.912 bits per heavy atom. The lowest BCUT2D eigenvalue weighted by Gasteiger charge is -2.14. The zero-order valence-electron chi connectivity index (χ0n) is 17.6. The first-order chi connectivity index (χ1) is 16.0. The summed E-state index contributed by atoms with van der Waals surface area (Å²) in [5.74, 6) is -0.560. The summed E-state index contributed by atoms with van der Waals surface area (Å²) in [5.41, 5.74) is 1.09. The maximum Gasteiger partial charge on any atom is 0.354 e. The van der Waals surface area contributed by atoms with Crippen molar-refractivity contribution in [3.05, 3.63) is 72.2 Å². The molecule has 0 saturated carbocycles. The number of hydrogen-bond donors (Lipinski definition) is 2. The lowest BCUT2D eigenvalue weighted by atomic mass is 10.2. The van der Waals surface area contributed by atoms with Gasteiger partial charge < -0.3 is 24.6 Å². The molecular weight excluding hydrogens is 440 g/mol. The van der Waals surface area contributed by atoms with Crippen LogP contribution in [0.15, 0.2) is 60.8 Å². The van der Waals surface area contributed by atoms with E-state index in [1.165, 1.54) is 32.5 Å². The van der Waals surface area contributed by atoms with Gasteiger partial charge in [-0.2, -0.15) is 0 Å². The minimum Gasteiger partial charge on any atom is -0.497 e. The number of hydrogen-bond acceptors (Lipinski definition) is 8. The van der Waals surface area contributed by atoms with Crippen molar-refractivity contribution in [2.45, 2.75) is 7.43 Å². The minimum atomic E-state index is -1.17. The van der Waals surface area contributed by atoms with E-state index < -0.39 is 11.9 Å². The van der Waals surface area contributed by atoms with Crippen LogP contribution in [-0.2, 0) is 0 Å². The van der Waals surface area contributed by atoms with Crippen molar-refractivity contribution in [3.8, 4) is 23.1 Å². The average molecular weight is 462 g/mol. The maximum atomic E-state index is 13.1. The summed E-state index contributed by atoms with van der Waals surface area (Å²) in [6.07, 6.45) is 1.24. The van der Waals surface area contributed by atoms with Gasteiger partial charge in [-0.05, 0) is 36.4 Å². The predicted octanol–water partition coefficient (Wildman–Crippen LogP) is 4.42. The number of fused-ring (bicyclic) bond motifs is 1. The number of nitrogens with one attached hydrogen (secondary N) is 1. The summed E-state index contributed by atoms with van der Waals surface area (Å²) >= 11 is 0. The van der Waals surface area contributed by atoms with Crippen LogP contribution < -0.4 is 19.5 Å². The fourth-order valence-electron chi connectivity index (χ4n) is 2.95. The van der Waals surface area contributed by atoms with Gasteiger partial charge in [-0.1, -0.05) is 19.6 Å². The predicted molar refractivity (Wildman–Crippen MR) is 125 cm³/mol. The van der Waals surface area contributed by atoms with Crippen LogP contribution >= 0.6 is 0 Å². The normalized spacial score (nSPS) is 10.2. The molecule has 0 aliphatic carbocycles. The van der Waals surface area contributed by atoms with Gasteiger partial charge in [0.1, 0.15) is 11.4 Å². The van der Waals surface area contributed by atoms with Crippen LogP contribution in [0.2, 0.25) is 0 Å². The zero-order chi connectivity index (χ0) is 23.4. The number of para-hydroxylation sites is 2. The topological polar surface area (TPSA) is 133 Å². The first-order valence-electron chi connectivity index (χ1n) is 9.66. The molecule has 174 valence electrons. The highest BCUT2D eigenvalue weighted by Gasteiger charge is 2.21. The lowest BCUT2D eigenvalue weighted by Crippen LogP contribution is -2.16. The molecule has 2 aromatic carbocycles. The molecule has 34 heavy (non-hydrogen) atoms. The number of ether oxygens (including phenoxy) is 3. The van der Waals surface area contributed by atoms with E-state index in [1.807, 2.05) is 0 Å². The highest BCUT2D eigenvalue weighted by atomic mass is 16.5. The van der Waals surface area contributed by atoms with Crippen molar-refractivity contribution in [3.63, 3.8) is 0 Å². The smallest absolute Gasteiger partial charge is 0.354 e. The maximum absolute atomic E-state index is 13.1. The molecule has 0 atom stereocenters. The van der Waals surface area contributed by atoms with Gasteiger partial charge in [-0.3, -0.25) is 4.79 Å². The van der Waals surface area contributed by atoms with E-state index in [1.54, 1.807) is 42.5 Å². The van der Waals surface area contributed by atoms with Crippen LogP contribution in [0.1, 0.15) is 28.4 Å². The summed E-state index contributed by atoms with van der Waals surface area (Å²) in [7, 11) is 3.01. The molecule has 4 aromatic rings. The zero-order valence-corrected chi connectivity index (χ0v) is 17.6. The third kappa shape index (κ3) is 5.01. The Labute approximate surface area is 195 Å². The molecule has 0 radical (unpaired) electrons. The molecule has 1 amide bonds. The second kappa shape index (κ2) is 10.3. The summed E-state index contributed by atoms with van der Waals surface area (Å²) in [4.78, 5) is 36.7. The van der Waals surface area contributed by atoms with Crippen molar-refractivity contribution in [2.24, 2.45) is 0 Å². The monoisotopic (exact) mass is 462 g/mol. The van der Waals surface area contributed by atoms with Crippen molar-refractivity contribution in [2.75, 3.05) is 19.5 Å². The standard InChI is InChI=1S/C23H18N4O6.CH4/c1-31-14-8-10-18(19(11-14)32-2)33-22-20(26-15-5-3-4-6-16(15)27-22)21(28)25-13-7-9-17(23(29)30)24-12-13;/h3-12H,1-2H3,(H,25,28)(H,29,30);1H4. The van der Waals surface area contributed by atoms with Crippen LogP contribution in [0.3, 0.4) is 0 Å². The number of benzene rings is 2. The van der Waals surface area contributed by atoms with Gasteiger partial charge in [0, 0.05) is 6.07 Å². The SMILES string of the molecule is C.COc1ccc(Oc2nc3ccccc3nc2C(=O)Nc2ccc(C(=O)O)nc2)c(OC)c1. The second-order valence-electron chi connectivity index (χ2n) is 6.68. The number of carboxylic acid groups (broad SMARTS) is 1. The molecule has 2 aromatic heterocycles. The Kier molecular flexibility index (Phi) is 7.22. The number of carbonyl (C=O) groups is 2. The van der Waals surface area contributed by atoms with E-state index in [9.17, 15) is 9.59 Å². The molecule has 2 N–H and O–H groups in total. The van der Waals surface area contributed by atoms with E-state index in [4.69, 9.17) is 19.3 Å². The molecular formula is C24H22N4O6. The fourth-order valence-corrected chi connectivity index (χ4v) is 2.95. The third-order valence-electron chi connectivity index (χ3n) is 4.57. The third-order valence-corrected chi connectivity index (χ3v) is 4.57. The highest BCUT2D eigenvalue weighted by molar-refractivity contribution is 6.05. The number of pyridine rings is 1. The van der Waals surface area contributed by atoms with Crippen molar-refractivity contribution in [1.82, 2.24) is 15.0 Å². The summed E-state index contributed by atoms with van der Waals surface area (Å²) in [6.45, 7) is 0. The van der Waals surface area contributed by atoms with E-state index in [0.717, 1.165) is 0 Å². The highest BCUT2D eigenvalue weighted by Crippen LogP contribution is 2.35. The second-order valence-corrected chi connectivity index (χ2v) is 6.68. The van der Waals surface area contributed by atoms with Gasteiger partial charge in [0.25, 0.3) is 11.8 Å². The summed E-state index contributed by atoms with van der Waals surface area (Å²) in [5, 5.41) is 11.6. The number of nitrogens with zero attached hydrogens (tertiary/aromatic N) is 3. The number of aromatic carboxylic acids is 1. The number of aromatic nitrogens is 3. The molecule has 0 unspecified atom stereocenters. The number of carboxylic acids is 1. The van der Waals surface area contributed by atoms with Gasteiger partial charge >= 0.3 is 5.97 Å². The number of carbonyl (C=O) groups excluding carboxylic acids is 1. The molecule has 0 saturated heterocycles. The van der Waals surface area contributed by atoms with E-state index >= 15 is 0 Å². The average Bonchev–Trinajstić information content (AvgIpc) is 2.84. The van der Waals surface area contributed by atoms with Crippen LogP contribution in [0, 0.1) is 0 Å². The molecule has 10 nitrogen and oxygen atoms in total. The van der Waals surface area contributed by atoms with Gasteiger partial charge in [0.05, 0.1) is 37.1 Å². The Bertz CT molecular complexity index is 1340. The molecule has 0 aliphatic heterocycles. The van der Waals surface area contributed by atoms with Crippen molar-refractivity contribution in [1.29, 1.82) is 0 Å². The number of methoxy groups -OCH3 is 2. The largest absolute Gasteiger partial charge is 0.497 e. The Balaban J connectivity index is 0.00000324. The summed E-state index contributed by atoms with van der Waals surface area (Å²) in [6, 6.07) is 14.7. The number of anilines is 1. The quantitative estimate of drug-likeness (QED) is 0.409. The van der Waals surface area contributed by atoms with Crippen molar-refractivity contribution >= 4 is 28.6 Å². The van der Waals surface area contributed by atoms with Crippen LogP contribution in [0.25, 0.3) is 11.0 Å². The summed E-state index contributed by atoms with van der Waals surface area (Å²) < 4.78 is 16.5. The fraction of sp³-hybridized carbons (Fsp3) is 0.125. The first-order valence-corrected chi connectivity index (χ1v) is 9.66. The Morgan fingerprint density at radius 3 is 2.26 bits per heavy atom. The van der Waals surface area contributed by atoms with Gasteiger partial charge in [0.15, 0.2) is 17.2 Å². The van der Waals surface area contributed by atoms with Gasteiger partial charge in [-0.15, -0.1) is 0 Å². The molecule has 10 heteroatoms. The lowest BCUT2D eigenvalue weighted by molar-refractivity contribution is 0.0690. The van der Waals surface area contributed by atoms with Gasteiger partial charge in [0.2, 0.25) is 0 Å². The molecule has 0 aliphatic rings. The van der Waals surface area contributed by atoms with Crippen molar-refractivity contribution < 1.29 is 28.9 Å². The molecule has 0 spiro atoms. The molecule has 0 bridgehead atoms. The first kappa shape index (κ1) is 23.9. The van der Waals surface area contributed by atoms with E-state index in [-0.39, 0.29) is 30.4 Å². The van der Waals surface area contributed by atoms with Crippen LogP contribution in [0.5, 0.6) is 23.1 Å². The number of rotatable bonds is 7. The Hall–Kier alpha value is -4.73. The van der Waals surface area contributed by atoms with E-state index in [2.05, 4.69) is 20.3 Å². The molecule has 4 rings (SSSR count). The van der Waals surface area contributed by atoms with Crippen LogP contribution in [-0.4, -0.2) is 46.2 Å². The van der Waals surface area contributed by atoms with Gasteiger partial charge in [-0.25, -0.2) is 19.7 Å². The number of amides is 1. The Morgan fingerprint density at radius 2 is 1.65 bits per heavy atom. The van der Waals surface area contributed by atoms with E-state index in [0.29, 0.717) is 28.3 Å². The molecule has 2 heterocycles.